The van der Waals surface area contributed by atoms with Crippen LogP contribution in [0.2, 0.25) is 0 Å². The Hall–Kier alpha value is -0.740. The summed E-state index contributed by atoms with van der Waals surface area (Å²) in [6, 6.07) is 0. The zero-order chi connectivity index (χ0) is 9.61. The van der Waals surface area contributed by atoms with Gasteiger partial charge in [-0.3, -0.25) is 0 Å². The normalized spacial score (nSPS) is 13.0. The maximum Gasteiger partial charge on any atom is 0.122 e. The molecule has 0 aliphatic carbocycles. The van der Waals surface area contributed by atoms with Crippen molar-refractivity contribution in [2.75, 3.05) is 7.11 Å². The SMILES string of the molecule is C=CC(C)CC#CC(C)(C)OC. The average molecular weight is 166 g/mol. The zero-order valence-electron chi connectivity index (χ0n) is 8.48. The third-order valence-corrected chi connectivity index (χ3v) is 1.73. The summed E-state index contributed by atoms with van der Waals surface area (Å²) in [4.78, 5) is 0. The lowest BCUT2D eigenvalue weighted by Gasteiger charge is -2.14. The highest BCUT2D eigenvalue weighted by molar-refractivity contribution is 5.11. The average Bonchev–Trinajstić information content (AvgIpc) is 2.04. The Kier molecular flexibility index (Phi) is 4.70. The molecule has 0 spiro atoms. The van der Waals surface area contributed by atoms with E-state index in [0.29, 0.717) is 5.92 Å². The molecule has 0 saturated heterocycles. The molecule has 0 rings (SSSR count). The minimum atomic E-state index is -0.319. The molecule has 0 N–H and O–H groups in total. The molecule has 0 aromatic carbocycles. The van der Waals surface area contributed by atoms with Crippen LogP contribution in [-0.2, 0) is 4.74 Å². The van der Waals surface area contributed by atoms with Crippen LogP contribution >= 0.6 is 0 Å². The van der Waals surface area contributed by atoms with Crippen molar-refractivity contribution in [3.05, 3.63) is 12.7 Å². The van der Waals surface area contributed by atoms with Gasteiger partial charge in [0.1, 0.15) is 5.60 Å². The Morgan fingerprint density at radius 1 is 1.58 bits per heavy atom. The second-order valence-corrected chi connectivity index (χ2v) is 3.43. The van der Waals surface area contributed by atoms with E-state index in [9.17, 15) is 0 Å². The van der Waals surface area contributed by atoms with Crippen molar-refractivity contribution in [1.82, 2.24) is 0 Å². The Balaban J connectivity index is 3.95. The molecular formula is C11H18O. The summed E-state index contributed by atoms with van der Waals surface area (Å²) >= 11 is 0. The van der Waals surface area contributed by atoms with E-state index < -0.39 is 0 Å². The summed E-state index contributed by atoms with van der Waals surface area (Å²) in [5.41, 5.74) is -0.319. The van der Waals surface area contributed by atoms with E-state index in [0.717, 1.165) is 6.42 Å². The fraction of sp³-hybridized carbons (Fsp3) is 0.636. The fourth-order valence-electron chi connectivity index (χ4n) is 0.559. The lowest BCUT2D eigenvalue weighted by molar-refractivity contribution is 0.0740. The smallest absolute Gasteiger partial charge is 0.122 e. The molecule has 0 heterocycles. The van der Waals surface area contributed by atoms with Gasteiger partial charge in [0.15, 0.2) is 0 Å². The monoisotopic (exact) mass is 166 g/mol. The lowest BCUT2D eigenvalue weighted by Crippen LogP contribution is -2.19. The van der Waals surface area contributed by atoms with Gasteiger partial charge in [-0.15, -0.1) is 6.58 Å². The van der Waals surface area contributed by atoms with Crippen LogP contribution in [0.15, 0.2) is 12.7 Å². The number of rotatable bonds is 3. The minimum absolute atomic E-state index is 0.319. The summed E-state index contributed by atoms with van der Waals surface area (Å²) in [5, 5.41) is 0. The summed E-state index contributed by atoms with van der Waals surface area (Å²) in [7, 11) is 1.67. The highest BCUT2D eigenvalue weighted by Gasteiger charge is 2.10. The summed E-state index contributed by atoms with van der Waals surface area (Å²) < 4.78 is 5.15. The molecule has 0 aliphatic rings. The molecule has 0 fully saturated rings. The zero-order valence-corrected chi connectivity index (χ0v) is 8.48. The molecule has 1 unspecified atom stereocenters. The van der Waals surface area contributed by atoms with Crippen LogP contribution in [0.25, 0.3) is 0 Å². The van der Waals surface area contributed by atoms with Gasteiger partial charge in [-0.2, -0.15) is 0 Å². The van der Waals surface area contributed by atoms with E-state index in [2.05, 4.69) is 25.3 Å². The molecule has 0 amide bonds. The number of hydrogen-bond donors (Lipinski definition) is 0. The van der Waals surface area contributed by atoms with Crippen LogP contribution in [0, 0.1) is 17.8 Å². The van der Waals surface area contributed by atoms with Crippen LogP contribution in [0.5, 0.6) is 0 Å². The molecule has 12 heavy (non-hydrogen) atoms. The predicted octanol–water partition coefficient (Wildman–Crippen LogP) is 2.63. The van der Waals surface area contributed by atoms with Crippen molar-refractivity contribution in [3.8, 4) is 11.8 Å². The first-order chi connectivity index (χ1) is 5.52. The van der Waals surface area contributed by atoms with E-state index in [1.54, 1.807) is 7.11 Å². The van der Waals surface area contributed by atoms with Gasteiger partial charge < -0.3 is 4.74 Å². The van der Waals surface area contributed by atoms with E-state index in [-0.39, 0.29) is 5.60 Å². The highest BCUT2D eigenvalue weighted by Crippen LogP contribution is 2.06. The maximum absolute atomic E-state index is 5.15. The second-order valence-electron chi connectivity index (χ2n) is 3.43. The van der Waals surface area contributed by atoms with E-state index in [1.165, 1.54) is 0 Å². The van der Waals surface area contributed by atoms with Crippen LogP contribution in [0.1, 0.15) is 27.2 Å². The van der Waals surface area contributed by atoms with Crippen molar-refractivity contribution in [2.24, 2.45) is 5.92 Å². The largest absolute Gasteiger partial charge is 0.366 e. The predicted molar refractivity (Wildman–Crippen MR) is 52.8 cm³/mol. The van der Waals surface area contributed by atoms with Gasteiger partial charge in [-0.25, -0.2) is 0 Å². The number of allylic oxidation sites excluding steroid dienone is 1. The Morgan fingerprint density at radius 3 is 2.58 bits per heavy atom. The van der Waals surface area contributed by atoms with E-state index >= 15 is 0 Å². The molecule has 1 atom stereocenters. The number of hydrogen-bond acceptors (Lipinski definition) is 1. The van der Waals surface area contributed by atoms with Gasteiger partial charge in [0.25, 0.3) is 0 Å². The van der Waals surface area contributed by atoms with Gasteiger partial charge >= 0.3 is 0 Å². The van der Waals surface area contributed by atoms with Crippen LogP contribution in [-0.4, -0.2) is 12.7 Å². The quantitative estimate of drug-likeness (QED) is 0.462. The molecule has 1 nitrogen and oxygen atoms in total. The lowest BCUT2D eigenvalue weighted by atomic mass is 10.1. The van der Waals surface area contributed by atoms with Crippen LogP contribution in [0.3, 0.4) is 0 Å². The molecule has 1 heteroatoms. The Labute approximate surface area is 75.8 Å². The Morgan fingerprint density at radius 2 is 2.17 bits per heavy atom. The van der Waals surface area contributed by atoms with Crippen molar-refractivity contribution >= 4 is 0 Å². The van der Waals surface area contributed by atoms with E-state index in [1.807, 2.05) is 19.9 Å². The van der Waals surface area contributed by atoms with Crippen LogP contribution in [0.4, 0.5) is 0 Å². The van der Waals surface area contributed by atoms with Gasteiger partial charge in [0.2, 0.25) is 0 Å². The number of methoxy groups -OCH3 is 1. The minimum Gasteiger partial charge on any atom is -0.366 e. The second kappa shape index (κ2) is 5.00. The molecular weight excluding hydrogens is 148 g/mol. The van der Waals surface area contributed by atoms with Crippen molar-refractivity contribution < 1.29 is 4.74 Å². The molecule has 0 bridgehead atoms. The Bertz CT molecular complexity index is 193. The van der Waals surface area contributed by atoms with Gasteiger partial charge in [0, 0.05) is 13.5 Å². The molecule has 0 aliphatic heterocycles. The molecule has 0 radical (unpaired) electrons. The summed E-state index contributed by atoms with van der Waals surface area (Å²) in [6.45, 7) is 9.71. The van der Waals surface area contributed by atoms with E-state index in [4.69, 9.17) is 4.74 Å². The van der Waals surface area contributed by atoms with Gasteiger partial charge in [-0.1, -0.05) is 24.8 Å². The summed E-state index contributed by atoms with van der Waals surface area (Å²) in [5.74, 6) is 6.60. The summed E-state index contributed by atoms with van der Waals surface area (Å²) in [6.07, 6.45) is 2.77. The van der Waals surface area contributed by atoms with Gasteiger partial charge in [0.05, 0.1) is 0 Å². The first-order valence-electron chi connectivity index (χ1n) is 4.19. The van der Waals surface area contributed by atoms with Crippen LogP contribution < -0.4 is 0 Å². The molecule has 0 aromatic heterocycles. The van der Waals surface area contributed by atoms with Crippen molar-refractivity contribution in [1.29, 1.82) is 0 Å². The van der Waals surface area contributed by atoms with Gasteiger partial charge in [-0.05, 0) is 19.8 Å². The fourth-order valence-corrected chi connectivity index (χ4v) is 0.559. The first-order valence-corrected chi connectivity index (χ1v) is 4.19. The van der Waals surface area contributed by atoms with Crippen molar-refractivity contribution in [2.45, 2.75) is 32.8 Å². The maximum atomic E-state index is 5.15. The third-order valence-electron chi connectivity index (χ3n) is 1.73. The third kappa shape index (κ3) is 4.98. The number of ether oxygens (including phenoxy) is 1. The van der Waals surface area contributed by atoms with Crippen molar-refractivity contribution in [3.63, 3.8) is 0 Å². The topological polar surface area (TPSA) is 9.23 Å². The molecule has 68 valence electrons. The standard InChI is InChI=1S/C11H18O/c1-6-10(2)8-7-9-11(3,4)12-5/h6,10H,1,8H2,2-5H3. The molecule has 0 saturated carbocycles. The highest BCUT2D eigenvalue weighted by atomic mass is 16.5. The molecule has 0 aromatic rings. The first kappa shape index (κ1) is 11.3.